The van der Waals surface area contributed by atoms with E-state index in [0.717, 1.165) is 27.8 Å². The Morgan fingerprint density at radius 2 is 1.81 bits per heavy atom. The largest absolute Gasteiger partial charge is 0.338 e. The van der Waals surface area contributed by atoms with Gasteiger partial charge in [0, 0.05) is 27.8 Å². The van der Waals surface area contributed by atoms with Crippen molar-refractivity contribution in [3.8, 4) is 11.3 Å². The van der Waals surface area contributed by atoms with E-state index in [1.165, 1.54) is 5.56 Å². The topological polar surface area (TPSA) is 54.4 Å². The molecule has 1 aromatic heterocycles. The summed E-state index contributed by atoms with van der Waals surface area (Å²) in [5.41, 5.74) is 4.55. The number of hydrogen-bond donors (Lipinski definition) is 1. The van der Waals surface area contributed by atoms with Crippen molar-refractivity contribution in [1.29, 1.82) is 0 Å². The second-order valence-electron chi connectivity index (χ2n) is 6.86. The molecule has 130 valence electrons. The number of fused-ring (bicyclic) bond motifs is 1. The van der Waals surface area contributed by atoms with Crippen molar-refractivity contribution < 1.29 is 4.79 Å². The van der Waals surface area contributed by atoms with Gasteiger partial charge in [0.2, 0.25) is 0 Å². The fourth-order valence-corrected chi connectivity index (χ4v) is 3.88. The number of aromatic nitrogens is 1. The lowest BCUT2D eigenvalue weighted by molar-refractivity contribution is 0.101. The molecule has 0 amide bonds. The first-order valence-electron chi connectivity index (χ1n) is 8.48. The molecule has 0 bridgehead atoms. The van der Waals surface area contributed by atoms with Crippen LogP contribution < -0.4 is 5.32 Å². The van der Waals surface area contributed by atoms with Crippen LogP contribution >= 0.6 is 11.3 Å². The first-order valence-corrected chi connectivity index (χ1v) is 9.36. The van der Waals surface area contributed by atoms with Gasteiger partial charge < -0.3 is 5.32 Å². The molecule has 2 aromatic carbocycles. The Hall–Kier alpha value is -2.79. The molecule has 0 saturated carbocycles. The second kappa shape index (κ2) is 6.18. The average Bonchev–Trinajstić information content (AvgIpc) is 3.11. The van der Waals surface area contributed by atoms with E-state index >= 15 is 0 Å². The number of thiazole rings is 1. The van der Waals surface area contributed by atoms with Crippen molar-refractivity contribution in [2.45, 2.75) is 26.3 Å². The van der Waals surface area contributed by atoms with E-state index in [1.807, 2.05) is 41.8 Å². The molecule has 26 heavy (non-hydrogen) atoms. The number of nitrogens with one attached hydrogen (secondary N) is 1. The van der Waals surface area contributed by atoms with E-state index in [4.69, 9.17) is 9.98 Å². The van der Waals surface area contributed by atoms with Crippen LogP contribution in [0.2, 0.25) is 0 Å². The number of Topliss-reactive ketones (excluding diaryl/α,β-unsaturated/α-hetero) is 1. The van der Waals surface area contributed by atoms with Crippen molar-refractivity contribution in [3.63, 3.8) is 0 Å². The van der Waals surface area contributed by atoms with Crippen LogP contribution in [0.3, 0.4) is 0 Å². The Balaban J connectivity index is 1.66. The summed E-state index contributed by atoms with van der Waals surface area (Å²) in [5.74, 6) is 0.863. The summed E-state index contributed by atoms with van der Waals surface area (Å²) in [6.07, 6.45) is 0. The predicted molar refractivity (Wildman–Crippen MR) is 107 cm³/mol. The van der Waals surface area contributed by atoms with Gasteiger partial charge in [-0.2, -0.15) is 0 Å². The van der Waals surface area contributed by atoms with E-state index in [2.05, 4.69) is 31.3 Å². The molecule has 1 aliphatic rings. The number of amidine groups is 1. The van der Waals surface area contributed by atoms with Crippen LogP contribution in [0.25, 0.3) is 11.3 Å². The number of aliphatic imine (C=N–C) groups is 1. The van der Waals surface area contributed by atoms with Crippen LogP contribution in [0, 0.1) is 0 Å². The maximum absolute atomic E-state index is 11.4. The highest BCUT2D eigenvalue weighted by atomic mass is 32.1. The van der Waals surface area contributed by atoms with E-state index in [-0.39, 0.29) is 11.3 Å². The molecule has 0 atom stereocenters. The van der Waals surface area contributed by atoms with E-state index < -0.39 is 0 Å². The molecule has 1 N–H and O–H groups in total. The van der Waals surface area contributed by atoms with E-state index in [0.29, 0.717) is 5.56 Å². The molecule has 0 spiro atoms. The lowest BCUT2D eigenvalue weighted by Crippen LogP contribution is -2.29. The average molecular weight is 361 g/mol. The standard InChI is InChI=1S/C21H19N3OS/c1-13(25)14-8-10-15(11-9-14)18-12-26-20(23-18)19-22-17-7-5-4-6-16(17)21(2,3)24-19/h4-12H,1-3H3,(H,22,24). The third-order valence-corrected chi connectivity index (χ3v) is 5.37. The number of nitrogens with zero attached hydrogens (tertiary/aromatic N) is 2. The minimum absolute atomic E-state index is 0.0668. The highest BCUT2D eigenvalue weighted by Crippen LogP contribution is 2.36. The van der Waals surface area contributed by atoms with Gasteiger partial charge in [0.25, 0.3) is 0 Å². The third kappa shape index (κ3) is 2.95. The molecule has 4 nitrogen and oxygen atoms in total. The second-order valence-corrected chi connectivity index (χ2v) is 7.72. The Labute approximate surface area is 156 Å². The molecule has 1 aliphatic heterocycles. The summed E-state index contributed by atoms with van der Waals surface area (Å²) < 4.78 is 0. The van der Waals surface area contributed by atoms with Crippen molar-refractivity contribution in [1.82, 2.24) is 4.98 Å². The smallest absolute Gasteiger partial charge is 0.163 e. The van der Waals surface area contributed by atoms with Crippen molar-refractivity contribution in [2.24, 2.45) is 4.99 Å². The minimum atomic E-state index is -0.299. The molecular weight excluding hydrogens is 342 g/mol. The molecule has 0 saturated heterocycles. The van der Waals surface area contributed by atoms with Gasteiger partial charge in [0.15, 0.2) is 16.6 Å². The van der Waals surface area contributed by atoms with Gasteiger partial charge in [-0.1, -0.05) is 42.5 Å². The van der Waals surface area contributed by atoms with Crippen molar-refractivity contribution in [2.75, 3.05) is 5.32 Å². The Morgan fingerprint density at radius 1 is 1.08 bits per heavy atom. The number of carbonyl (C=O) groups is 1. The molecule has 0 fully saturated rings. The quantitative estimate of drug-likeness (QED) is 0.659. The van der Waals surface area contributed by atoms with Crippen molar-refractivity contribution in [3.05, 3.63) is 70.0 Å². The van der Waals surface area contributed by atoms with E-state index in [9.17, 15) is 4.79 Å². The van der Waals surface area contributed by atoms with Gasteiger partial charge >= 0.3 is 0 Å². The maximum Gasteiger partial charge on any atom is 0.163 e. The zero-order valence-electron chi connectivity index (χ0n) is 14.9. The summed E-state index contributed by atoms with van der Waals surface area (Å²) in [6.45, 7) is 5.80. The number of hydrogen-bond acceptors (Lipinski definition) is 5. The summed E-state index contributed by atoms with van der Waals surface area (Å²) >= 11 is 1.57. The summed E-state index contributed by atoms with van der Waals surface area (Å²) in [4.78, 5) is 21.1. The van der Waals surface area contributed by atoms with Gasteiger partial charge in [0.05, 0.1) is 11.2 Å². The van der Waals surface area contributed by atoms with Gasteiger partial charge in [0.1, 0.15) is 0 Å². The molecule has 0 aliphatic carbocycles. The Kier molecular flexibility index (Phi) is 3.96. The molecular formula is C21H19N3OS. The van der Waals surface area contributed by atoms with Gasteiger partial charge in [-0.15, -0.1) is 11.3 Å². The monoisotopic (exact) mass is 361 g/mol. The number of anilines is 1. The number of ketones is 1. The summed E-state index contributed by atoms with van der Waals surface area (Å²) in [7, 11) is 0. The number of para-hydroxylation sites is 1. The predicted octanol–water partition coefficient (Wildman–Crippen LogP) is 5.12. The maximum atomic E-state index is 11.4. The molecule has 4 rings (SSSR count). The lowest BCUT2D eigenvalue weighted by Gasteiger charge is -2.30. The summed E-state index contributed by atoms with van der Waals surface area (Å²) in [5, 5.41) is 6.29. The van der Waals surface area contributed by atoms with Crippen LogP contribution in [0.15, 0.2) is 58.9 Å². The van der Waals surface area contributed by atoms with Crippen LogP contribution in [-0.4, -0.2) is 16.6 Å². The zero-order valence-corrected chi connectivity index (χ0v) is 15.7. The fraction of sp³-hybridized carbons (Fsp3) is 0.190. The van der Waals surface area contributed by atoms with Crippen LogP contribution in [0.5, 0.6) is 0 Å². The first-order chi connectivity index (χ1) is 12.4. The number of rotatable bonds is 3. The molecule has 0 radical (unpaired) electrons. The van der Waals surface area contributed by atoms with Crippen molar-refractivity contribution >= 4 is 28.6 Å². The minimum Gasteiger partial charge on any atom is -0.338 e. The zero-order chi connectivity index (χ0) is 18.3. The number of benzene rings is 2. The first kappa shape index (κ1) is 16.7. The number of carbonyl (C=O) groups excluding carboxylic acids is 1. The lowest BCUT2D eigenvalue weighted by atomic mass is 9.92. The Morgan fingerprint density at radius 3 is 2.54 bits per heavy atom. The van der Waals surface area contributed by atoms with Gasteiger partial charge in [-0.3, -0.25) is 9.79 Å². The Bertz CT molecular complexity index is 1020. The highest BCUT2D eigenvalue weighted by Gasteiger charge is 2.29. The van der Waals surface area contributed by atoms with E-state index in [1.54, 1.807) is 18.3 Å². The molecule has 2 heterocycles. The fourth-order valence-electron chi connectivity index (χ4n) is 3.11. The van der Waals surface area contributed by atoms with Crippen LogP contribution in [0.1, 0.15) is 41.7 Å². The van der Waals surface area contributed by atoms with Gasteiger partial charge in [-0.25, -0.2) is 4.98 Å². The highest BCUT2D eigenvalue weighted by molar-refractivity contribution is 7.12. The van der Waals surface area contributed by atoms with Crippen LogP contribution in [-0.2, 0) is 5.54 Å². The summed E-state index contributed by atoms with van der Waals surface area (Å²) in [6, 6.07) is 15.8. The SMILES string of the molecule is CC(=O)c1ccc(-c2csc(C3=NC(C)(C)c4ccccc4N3)n2)cc1. The van der Waals surface area contributed by atoms with Crippen LogP contribution in [0.4, 0.5) is 5.69 Å². The third-order valence-electron chi connectivity index (χ3n) is 4.52. The molecule has 3 aromatic rings. The normalized spacial score (nSPS) is 15.0. The molecule has 5 heteroatoms. The molecule has 0 unspecified atom stereocenters. The van der Waals surface area contributed by atoms with Gasteiger partial charge in [-0.05, 0) is 26.8 Å².